The van der Waals surface area contributed by atoms with Crippen LogP contribution in [0.2, 0.25) is 0 Å². The molecule has 1 fully saturated rings. The van der Waals surface area contributed by atoms with Crippen LogP contribution < -0.4 is 5.32 Å². The van der Waals surface area contributed by atoms with Gasteiger partial charge in [0, 0.05) is 18.6 Å². The summed E-state index contributed by atoms with van der Waals surface area (Å²) in [6.07, 6.45) is 3.77. The van der Waals surface area contributed by atoms with Gasteiger partial charge in [0.25, 0.3) is 0 Å². The molecule has 0 amide bonds. The number of benzene rings is 2. The second-order valence-electron chi connectivity index (χ2n) is 8.17. The Labute approximate surface area is 159 Å². The summed E-state index contributed by atoms with van der Waals surface area (Å²) in [7, 11) is 0. The van der Waals surface area contributed by atoms with Crippen molar-refractivity contribution < 1.29 is 4.74 Å². The zero-order chi connectivity index (χ0) is 18.4. The third-order valence-corrected chi connectivity index (χ3v) is 5.86. The van der Waals surface area contributed by atoms with E-state index in [-0.39, 0.29) is 5.41 Å². The van der Waals surface area contributed by atoms with Crippen LogP contribution in [0.1, 0.15) is 49.8 Å². The molecule has 1 aliphatic heterocycles. The lowest BCUT2D eigenvalue weighted by molar-refractivity contribution is -0.0469. The molecular weight excluding hydrogens is 318 g/mol. The summed E-state index contributed by atoms with van der Waals surface area (Å²) in [5.41, 5.74) is 4.39. The van der Waals surface area contributed by atoms with Gasteiger partial charge in [-0.05, 0) is 49.8 Å². The highest BCUT2D eigenvalue weighted by molar-refractivity contribution is 5.30. The third kappa shape index (κ3) is 4.75. The van der Waals surface area contributed by atoms with Crippen molar-refractivity contribution in [3.63, 3.8) is 0 Å². The molecule has 1 heterocycles. The first-order valence-corrected chi connectivity index (χ1v) is 10.0. The van der Waals surface area contributed by atoms with Crippen molar-refractivity contribution in [2.45, 2.75) is 58.1 Å². The number of ether oxygens (including phenoxy) is 1. The van der Waals surface area contributed by atoms with Gasteiger partial charge >= 0.3 is 0 Å². The molecule has 2 aromatic rings. The minimum Gasteiger partial charge on any atom is -0.378 e. The second-order valence-corrected chi connectivity index (χ2v) is 8.17. The van der Waals surface area contributed by atoms with Crippen molar-refractivity contribution in [3.05, 3.63) is 71.3 Å². The second kappa shape index (κ2) is 8.83. The average Bonchev–Trinajstić information content (AvgIpc) is 2.67. The first kappa shape index (κ1) is 19.1. The lowest BCUT2D eigenvalue weighted by Gasteiger charge is -2.43. The fraction of sp³-hybridized carbons (Fsp3) is 0.500. The Morgan fingerprint density at radius 1 is 1.08 bits per heavy atom. The SMILES string of the molecule is Cc1ccc([C@@]2(CCNCc3ccccc3)CCO[C@@H](C(C)C)C2)cc1. The molecule has 26 heavy (non-hydrogen) atoms. The number of hydrogen-bond donors (Lipinski definition) is 1. The van der Waals surface area contributed by atoms with Gasteiger partial charge in [-0.1, -0.05) is 74.0 Å². The highest BCUT2D eigenvalue weighted by atomic mass is 16.5. The molecule has 0 bridgehead atoms. The van der Waals surface area contributed by atoms with Gasteiger partial charge in [0.05, 0.1) is 6.10 Å². The molecule has 3 rings (SSSR count). The predicted octanol–water partition coefficient (Wildman–Crippen LogP) is 5.25. The Bertz CT molecular complexity index is 664. The largest absolute Gasteiger partial charge is 0.378 e. The molecule has 0 unspecified atom stereocenters. The maximum Gasteiger partial charge on any atom is 0.0606 e. The predicted molar refractivity (Wildman–Crippen MR) is 109 cm³/mol. The summed E-state index contributed by atoms with van der Waals surface area (Å²) < 4.78 is 6.10. The van der Waals surface area contributed by atoms with Crippen LogP contribution in [-0.4, -0.2) is 19.3 Å². The molecule has 0 saturated carbocycles. The van der Waals surface area contributed by atoms with Gasteiger partial charge in [0.15, 0.2) is 0 Å². The molecule has 1 aliphatic rings. The summed E-state index contributed by atoms with van der Waals surface area (Å²) in [4.78, 5) is 0. The molecule has 2 heteroatoms. The summed E-state index contributed by atoms with van der Waals surface area (Å²) in [5.74, 6) is 0.567. The van der Waals surface area contributed by atoms with Crippen LogP contribution in [0.15, 0.2) is 54.6 Å². The Hall–Kier alpha value is -1.64. The van der Waals surface area contributed by atoms with E-state index >= 15 is 0 Å². The molecule has 140 valence electrons. The number of rotatable bonds is 7. The van der Waals surface area contributed by atoms with Gasteiger partial charge in [-0.25, -0.2) is 0 Å². The minimum absolute atomic E-state index is 0.227. The van der Waals surface area contributed by atoms with Gasteiger partial charge in [-0.3, -0.25) is 0 Å². The summed E-state index contributed by atoms with van der Waals surface area (Å²) in [5, 5.41) is 3.66. The van der Waals surface area contributed by atoms with Crippen molar-refractivity contribution in [3.8, 4) is 0 Å². The van der Waals surface area contributed by atoms with E-state index in [4.69, 9.17) is 4.74 Å². The molecule has 2 atom stereocenters. The van der Waals surface area contributed by atoms with Crippen molar-refractivity contribution in [1.82, 2.24) is 5.32 Å². The standard InChI is InChI=1S/C24H33NO/c1-19(2)23-17-24(14-16-26-23,22-11-9-20(3)10-12-22)13-15-25-18-21-7-5-4-6-8-21/h4-12,19,23,25H,13-18H2,1-3H3/t23-,24+/m1/s1. The van der Waals surface area contributed by atoms with Crippen molar-refractivity contribution >= 4 is 0 Å². The first-order valence-electron chi connectivity index (χ1n) is 10.0. The van der Waals surface area contributed by atoms with E-state index in [1.165, 1.54) is 16.7 Å². The molecule has 0 radical (unpaired) electrons. The van der Waals surface area contributed by atoms with E-state index in [1.807, 2.05) is 0 Å². The lowest BCUT2D eigenvalue weighted by Crippen LogP contribution is -2.42. The highest BCUT2D eigenvalue weighted by Gasteiger charge is 2.38. The molecule has 1 N–H and O–H groups in total. The normalized spacial score (nSPS) is 23.3. The molecule has 2 nitrogen and oxygen atoms in total. The van der Waals surface area contributed by atoms with Crippen LogP contribution in [-0.2, 0) is 16.7 Å². The third-order valence-electron chi connectivity index (χ3n) is 5.86. The van der Waals surface area contributed by atoms with Crippen LogP contribution in [0, 0.1) is 12.8 Å². The van der Waals surface area contributed by atoms with Crippen LogP contribution in [0.5, 0.6) is 0 Å². The summed E-state index contributed by atoms with van der Waals surface area (Å²) in [6.45, 7) is 9.57. The van der Waals surface area contributed by atoms with E-state index in [0.29, 0.717) is 12.0 Å². The van der Waals surface area contributed by atoms with Crippen molar-refractivity contribution in [2.24, 2.45) is 5.92 Å². The minimum atomic E-state index is 0.227. The molecule has 0 spiro atoms. The van der Waals surface area contributed by atoms with E-state index in [0.717, 1.165) is 39.0 Å². The van der Waals surface area contributed by atoms with Crippen LogP contribution in [0.4, 0.5) is 0 Å². The van der Waals surface area contributed by atoms with E-state index in [9.17, 15) is 0 Å². The highest BCUT2D eigenvalue weighted by Crippen LogP contribution is 2.41. The van der Waals surface area contributed by atoms with Crippen LogP contribution in [0.25, 0.3) is 0 Å². The number of hydrogen-bond acceptors (Lipinski definition) is 2. The fourth-order valence-corrected chi connectivity index (χ4v) is 4.08. The molecule has 2 aromatic carbocycles. The van der Waals surface area contributed by atoms with E-state index in [1.54, 1.807) is 0 Å². The smallest absolute Gasteiger partial charge is 0.0606 e. The van der Waals surface area contributed by atoms with E-state index < -0.39 is 0 Å². The van der Waals surface area contributed by atoms with Gasteiger partial charge in [0.2, 0.25) is 0 Å². The molecule has 0 aliphatic carbocycles. The van der Waals surface area contributed by atoms with Gasteiger partial charge in [0.1, 0.15) is 0 Å². The Morgan fingerprint density at radius 3 is 2.50 bits per heavy atom. The first-order chi connectivity index (χ1) is 12.6. The topological polar surface area (TPSA) is 21.3 Å². The molecule has 0 aromatic heterocycles. The van der Waals surface area contributed by atoms with Gasteiger partial charge in [-0.2, -0.15) is 0 Å². The Kier molecular flexibility index (Phi) is 6.50. The molecule has 1 saturated heterocycles. The number of aryl methyl sites for hydroxylation is 1. The Morgan fingerprint density at radius 2 is 1.81 bits per heavy atom. The van der Waals surface area contributed by atoms with Crippen LogP contribution in [0.3, 0.4) is 0 Å². The summed E-state index contributed by atoms with van der Waals surface area (Å²) in [6, 6.07) is 19.9. The quantitative estimate of drug-likeness (QED) is 0.688. The number of nitrogens with one attached hydrogen (secondary N) is 1. The summed E-state index contributed by atoms with van der Waals surface area (Å²) >= 11 is 0. The molecular formula is C24H33NO. The maximum absolute atomic E-state index is 6.10. The van der Waals surface area contributed by atoms with Gasteiger partial charge in [-0.15, -0.1) is 0 Å². The monoisotopic (exact) mass is 351 g/mol. The zero-order valence-corrected chi connectivity index (χ0v) is 16.5. The van der Waals surface area contributed by atoms with E-state index in [2.05, 4.69) is 80.7 Å². The van der Waals surface area contributed by atoms with Gasteiger partial charge < -0.3 is 10.1 Å². The Balaban J connectivity index is 1.69. The van der Waals surface area contributed by atoms with Crippen molar-refractivity contribution in [1.29, 1.82) is 0 Å². The average molecular weight is 352 g/mol. The van der Waals surface area contributed by atoms with Crippen molar-refractivity contribution in [2.75, 3.05) is 13.2 Å². The fourth-order valence-electron chi connectivity index (χ4n) is 4.08. The maximum atomic E-state index is 6.10. The van der Waals surface area contributed by atoms with Crippen LogP contribution >= 0.6 is 0 Å². The zero-order valence-electron chi connectivity index (χ0n) is 16.5. The lowest BCUT2D eigenvalue weighted by atomic mass is 9.68.